The van der Waals surface area contributed by atoms with Crippen LogP contribution in [0.5, 0.6) is 5.75 Å². The largest absolute Gasteiger partial charge is 0.482 e. The van der Waals surface area contributed by atoms with Gasteiger partial charge in [-0.15, -0.1) is 0 Å². The predicted octanol–water partition coefficient (Wildman–Crippen LogP) is 0.622. The van der Waals surface area contributed by atoms with Crippen LogP contribution in [0.4, 0.5) is 5.69 Å². The number of carbonyl (C=O) groups excluding carboxylic acids is 1. The van der Waals surface area contributed by atoms with Crippen LogP contribution in [0.15, 0.2) is 24.3 Å². The van der Waals surface area contributed by atoms with Gasteiger partial charge in [0.05, 0.1) is 13.2 Å². The molecule has 0 aromatic heterocycles. The molecule has 1 aliphatic heterocycles. The number of nitrogens with one attached hydrogen (secondary N) is 2. The molecule has 1 heterocycles. The highest BCUT2D eigenvalue weighted by Gasteiger charge is 2.15. The summed E-state index contributed by atoms with van der Waals surface area (Å²) in [6.45, 7) is 1.94. The molecule has 0 spiro atoms. The van der Waals surface area contributed by atoms with Crippen LogP contribution in [0.1, 0.15) is 0 Å². The lowest BCUT2D eigenvalue weighted by Crippen LogP contribution is -2.51. The van der Waals surface area contributed by atoms with Crippen molar-refractivity contribution in [3.8, 4) is 5.75 Å². The van der Waals surface area contributed by atoms with Gasteiger partial charge in [-0.05, 0) is 24.3 Å². The molecular formula is C12H16N2O3. The highest BCUT2D eigenvalue weighted by molar-refractivity contribution is 5.70. The van der Waals surface area contributed by atoms with Crippen LogP contribution in [-0.2, 0) is 9.53 Å². The second-order valence-electron chi connectivity index (χ2n) is 3.89. The zero-order chi connectivity index (χ0) is 12.1. The quantitative estimate of drug-likeness (QED) is 0.734. The first-order chi connectivity index (χ1) is 8.28. The second kappa shape index (κ2) is 5.54. The van der Waals surface area contributed by atoms with Gasteiger partial charge in [-0.25, -0.2) is 4.79 Å². The molecule has 17 heavy (non-hydrogen) atoms. The van der Waals surface area contributed by atoms with Gasteiger partial charge in [0.1, 0.15) is 5.75 Å². The molecule has 0 aliphatic carbocycles. The Balaban J connectivity index is 1.82. The van der Waals surface area contributed by atoms with Crippen molar-refractivity contribution < 1.29 is 14.3 Å². The minimum Gasteiger partial charge on any atom is -0.482 e. The summed E-state index contributed by atoms with van der Waals surface area (Å²) in [5.74, 6) is 0.278. The SMILES string of the molecule is COC(=O)COc1ccc(NC2CNC2)cc1. The molecule has 0 radical (unpaired) electrons. The Morgan fingerprint density at radius 1 is 1.41 bits per heavy atom. The lowest BCUT2D eigenvalue weighted by Gasteiger charge is -2.28. The average Bonchev–Trinajstić information content (AvgIpc) is 2.32. The fourth-order valence-electron chi connectivity index (χ4n) is 1.48. The van der Waals surface area contributed by atoms with Crippen LogP contribution < -0.4 is 15.4 Å². The van der Waals surface area contributed by atoms with Gasteiger partial charge in [-0.3, -0.25) is 0 Å². The molecule has 0 bridgehead atoms. The molecule has 1 aromatic carbocycles. The first kappa shape index (κ1) is 11.7. The zero-order valence-corrected chi connectivity index (χ0v) is 9.73. The number of anilines is 1. The van der Waals surface area contributed by atoms with Gasteiger partial charge < -0.3 is 20.1 Å². The Morgan fingerprint density at radius 3 is 2.65 bits per heavy atom. The van der Waals surface area contributed by atoms with Crippen molar-refractivity contribution in [2.75, 3.05) is 32.1 Å². The number of ether oxygens (including phenoxy) is 2. The van der Waals surface area contributed by atoms with E-state index in [0.717, 1.165) is 18.8 Å². The van der Waals surface area contributed by atoms with E-state index in [1.165, 1.54) is 7.11 Å². The smallest absolute Gasteiger partial charge is 0.343 e. The maximum Gasteiger partial charge on any atom is 0.343 e. The monoisotopic (exact) mass is 236 g/mol. The van der Waals surface area contributed by atoms with Crippen molar-refractivity contribution in [3.63, 3.8) is 0 Å². The summed E-state index contributed by atoms with van der Waals surface area (Å²) in [5, 5.41) is 6.57. The summed E-state index contributed by atoms with van der Waals surface area (Å²) in [7, 11) is 1.34. The van der Waals surface area contributed by atoms with E-state index in [4.69, 9.17) is 4.74 Å². The van der Waals surface area contributed by atoms with Crippen molar-refractivity contribution in [1.29, 1.82) is 0 Å². The Morgan fingerprint density at radius 2 is 2.12 bits per heavy atom. The number of esters is 1. The zero-order valence-electron chi connectivity index (χ0n) is 9.73. The molecule has 2 rings (SSSR count). The average molecular weight is 236 g/mol. The molecule has 5 heteroatoms. The van der Waals surface area contributed by atoms with E-state index < -0.39 is 0 Å². The van der Waals surface area contributed by atoms with Gasteiger partial charge >= 0.3 is 5.97 Å². The third kappa shape index (κ3) is 3.35. The number of carbonyl (C=O) groups is 1. The Kier molecular flexibility index (Phi) is 3.82. The molecule has 1 saturated heterocycles. The molecule has 2 N–H and O–H groups in total. The van der Waals surface area contributed by atoms with Crippen LogP contribution in [-0.4, -0.2) is 38.8 Å². The van der Waals surface area contributed by atoms with E-state index in [2.05, 4.69) is 15.4 Å². The first-order valence-electron chi connectivity index (χ1n) is 5.55. The minimum absolute atomic E-state index is 0.0597. The number of rotatable bonds is 5. The van der Waals surface area contributed by atoms with E-state index in [0.29, 0.717) is 11.8 Å². The predicted molar refractivity (Wildman–Crippen MR) is 64.2 cm³/mol. The van der Waals surface area contributed by atoms with Crippen molar-refractivity contribution in [3.05, 3.63) is 24.3 Å². The number of hydrogen-bond acceptors (Lipinski definition) is 5. The maximum atomic E-state index is 10.9. The third-order valence-electron chi connectivity index (χ3n) is 2.59. The molecule has 92 valence electrons. The Labute approximate surface area is 100 Å². The second-order valence-corrected chi connectivity index (χ2v) is 3.89. The molecular weight excluding hydrogens is 220 g/mol. The van der Waals surface area contributed by atoms with Gasteiger partial charge in [0, 0.05) is 18.8 Å². The summed E-state index contributed by atoms with van der Waals surface area (Å²) in [6, 6.07) is 8.04. The van der Waals surface area contributed by atoms with E-state index in [9.17, 15) is 4.79 Å². The summed E-state index contributed by atoms with van der Waals surface area (Å²) in [5.41, 5.74) is 1.06. The van der Waals surface area contributed by atoms with Crippen molar-refractivity contribution >= 4 is 11.7 Å². The highest BCUT2D eigenvalue weighted by Crippen LogP contribution is 2.17. The molecule has 1 aliphatic rings. The maximum absolute atomic E-state index is 10.9. The van der Waals surface area contributed by atoms with Crippen LogP contribution in [0, 0.1) is 0 Å². The highest BCUT2D eigenvalue weighted by atomic mass is 16.6. The summed E-state index contributed by atoms with van der Waals surface area (Å²) in [4.78, 5) is 10.9. The van der Waals surface area contributed by atoms with E-state index in [1.807, 2.05) is 24.3 Å². The summed E-state index contributed by atoms with van der Waals surface area (Å²) >= 11 is 0. The van der Waals surface area contributed by atoms with Crippen molar-refractivity contribution in [2.24, 2.45) is 0 Å². The first-order valence-corrected chi connectivity index (χ1v) is 5.55. The molecule has 0 saturated carbocycles. The van der Waals surface area contributed by atoms with Gasteiger partial charge in [-0.1, -0.05) is 0 Å². The number of benzene rings is 1. The van der Waals surface area contributed by atoms with Crippen molar-refractivity contribution in [2.45, 2.75) is 6.04 Å². The van der Waals surface area contributed by atoms with Gasteiger partial charge in [0.25, 0.3) is 0 Å². The van der Waals surface area contributed by atoms with Crippen molar-refractivity contribution in [1.82, 2.24) is 5.32 Å². The number of hydrogen-bond donors (Lipinski definition) is 2. The molecule has 0 amide bonds. The lowest BCUT2D eigenvalue weighted by molar-refractivity contribution is -0.142. The molecule has 1 aromatic rings. The van der Waals surface area contributed by atoms with Gasteiger partial charge in [0.2, 0.25) is 0 Å². The topological polar surface area (TPSA) is 59.6 Å². The Hall–Kier alpha value is -1.75. The van der Waals surface area contributed by atoms with E-state index in [1.54, 1.807) is 0 Å². The lowest BCUT2D eigenvalue weighted by atomic mass is 10.1. The van der Waals surface area contributed by atoms with E-state index in [-0.39, 0.29) is 12.6 Å². The van der Waals surface area contributed by atoms with Crippen LogP contribution >= 0.6 is 0 Å². The third-order valence-corrected chi connectivity index (χ3v) is 2.59. The fraction of sp³-hybridized carbons (Fsp3) is 0.417. The molecule has 1 fully saturated rings. The molecule has 0 unspecified atom stereocenters. The van der Waals surface area contributed by atoms with Gasteiger partial charge in [-0.2, -0.15) is 0 Å². The van der Waals surface area contributed by atoms with E-state index >= 15 is 0 Å². The number of methoxy groups -OCH3 is 1. The van der Waals surface area contributed by atoms with Crippen LogP contribution in [0.3, 0.4) is 0 Å². The molecule has 0 atom stereocenters. The normalized spacial score (nSPS) is 14.9. The van der Waals surface area contributed by atoms with Gasteiger partial charge in [0.15, 0.2) is 6.61 Å². The Bertz CT molecular complexity index is 374. The fourth-order valence-corrected chi connectivity index (χ4v) is 1.48. The van der Waals surface area contributed by atoms with Crippen LogP contribution in [0.25, 0.3) is 0 Å². The summed E-state index contributed by atoms with van der Waals surface area (Å²) < 4.78 is 9.73. The summed E-state index contributed by atoms with van der Waals surface area (Å²) in [6.07, 6.45) is 0. The standard InChI is InChI=1S/C12H16N2O3/c1-16-12(15)8-17-11-4-2-9(3-5-11)14-10-6-13-7-10/h2-5,10,13-14H,6-8H2,1H3. The minimum atomic E-state index is -0.382. The van der Waals surface area contributed by atoms with Crippen LogP contribution in [0.2, 0.25) is 0 Å². The molecule has 5 nitrogen and oxygen atoms in total.